The van der Waals surface area contributed by atoms with E-state index in [0.29, 0.717) is 6.04 Å². The summed E-state index contributed by atoms with van der Waals surface area (Å²) in [6.07, 6.45) is 1.97. The van der Waals surface area contributed by atoms with Gasteiger partial charge in [0.1, 0.15) is 5.75 Å². The fraction of sp³-hybridized carbons (Fsp3) is 0.429. The lowest BCUT2D eigenvalue weighted by atomic mass is 10.0. The molecule has 1 atom stereocenters. The monoisotopic (exact) mass is 469 g/mol. The van der Waals surface area contributed by atoms with Gasteiger partial charge in [0.2, 0.25) is 0 Å². The van der Waals surface area contributed by atoms with E-state index in [0.717, 1.165) is 36.6 Å². The van der Waals surface area contributed by atoms with Crippen LogP contribution < -0.4 is 14.2 Å². The highest BCUT2D eigenvalue weighted by atomic mass is 127. The molecule has 0 aliphatic heterocycles. The molecule has 0 radical (unpaired) electrons. The summed E-state index contributed by atoms with van der Waals surface area (Å²) in [6, 6.07) is 12.8. The highest BCUT2D eigenvalue weighted by Crippen LogP contribution is 2.28. The summed E-state index contributed by atoms with van der Waals surface area (Å²) in [5.74, 6) is 2.47. The van der Waals surface area contributed by atoms with Crippen molar-refractivity contribution in [3.63, 3.8) is 0 Å². The van der Waals surface area contributed by atoms with Crippen molar-refractivity contribution in [2.45, 2.75) is 25.8 Å². The van der Waals surface area contributed by atoms with E-state index in [1.807, 2.05) is 12.1 Å². The molecule has 2 aromatic carbocycles. The van der Waals surface area contributed by atoms with Gasteiger partial charge in [-0.1, -0.05) is 6.07 Å². The predicted molar refractivity (Wildman–Crippen MR) is 115 cm³/mol. The third-order valence-corrected chi connectivity index (χ3v) is 5.77. The highest BCUT2D eigenvalue weighted by molar-refractivity contribution is 14.1. The average molecular weight is 469 g/mol. The molecule has 0 heterocycles. The summed E-state index contributed by atoms with van der Waals surface area (Å²) in [5.41, 5.74) is 2.58. The van der Waals surface area contributed by atoms with Crippen LogP contribution in [0.15, 0.2) is 36.4 Å². The molecule has 4 nitrogen and oxygen atoms in total. The van der Waals surface area contributed by atoms with Crippen molar-refractivity contribution in [3.8, 4) is 17.2 Å². The molecule has 2 rings (SSSR count). The first kappa shape index (κ1) is 20.8. The summed E-state index contributed by atoms with van der Waals surface area (Å²) in [6.45, 7) is 3.25. The van der Waals surface area contributed by atoms with E-state index in [-0.39, 0.29) is 0 Å². The maximum atomic E-state index is 5.39. The number of nitrogens with zero attached hydrogens (tertiary/aromatic N) is 1. The maximum Gasteiger partial charge on any atom is 0.160 e. The van der Waals surface area contributed by atoms with Crippen molar-refractivity contribution in [1.29, 1.82) is 0 Å². The standard InChI is InChI=1S/C21H28INO3/c1-15(12-17-14-18(24-3)7-8-19(17)22)23(2)11-10-16-6-9-20(25-4)21(13-16)26-5/h6-9,13-15H,10-12H2,1-5H3. The molecular weight excluding hydrogens is 441 g/mol. The Kier molecular flexibility index (Phi) is 8.03. The van der Waals surface area contributed by atoms with Gasteiger partial charge in [0.05, 0.1) is 21.3 Å². The number of hydrogen-bond donors (Lipinski definition) is 0. The highest BCUT2D eigenvalue weighted by Gasteiger charge is 2.13. The Morgan fingerprint density at radius 1 is 0.962 bits per heavy atom. The second kappa shape index (κ2) is 10.0. The summed E-state index contributed by atoms with van der Waals surface area (Å²) >= 11 is 2.40. The molecule has 26 heavy (non-hydrogen) atoms. The number of methoxy groups -OCH3 is 3. The minimum Gasteiger partial charge on any atom is -0.497 e. The topological polar surface area (TPSA) is 30.9 Å². The minimum absolute atomic E-state index is 0.441. The number of ether oxygens (including phenoxy) is 3. The van der Waals surface area contributed by atoms with Crippen molar-refractivity contribution < 1.29 is 14.2 Å². The zero-order valence-corrected chi connectivity index (χ0v) is 18.4. The first-order valence-corrected chi connectivity index (χ1v) is 9.80. The molecule has 0 aliphatic rings. The van der Waals surface area contributed by atoms with E-state index in [9.17, 15) is 0 Å². The molecule has 0 saturated heterocycles. The molecule has 0 amide bonds. The number of hydrogen-bond acceptors (Lipinski definition) is 4. The lowest BCUT2D eigenvalue weighted by molar-refractivity contribution is 0.259. The van der Waals surface area contributed by atoms with Crippen LogP contribution in [0.2, 0.25) is 0 Å². The Balaban J connectivity index is 1.96. The summed E-state index contributed by atoms with van der Waals surface area (Å²) < 4.78 is 17.3. The molecule has 0 aromatic heterocycles. The SMILES string of the molecule is COc1ccc(I)c(CC(C)N(C)CCc2ccc(OC)c(OC)c2)c1. The van der Waals surface area contributed by atoms with Crippen LogP contribution in [0.5, 0.6) is 17.2 Å². The molecule has 0 spiro atoms. The molecule has 2 aromatic rings. The van der Waals surface area contributed by atoms with Crippen LogP contribution in [-0.4, -0.2) is 45.9 Å². The van der Waals surface area contributed by atoms with Gasteiger partial charge in [-0.2, -0.15) is 0 Å². The van der Waals surface area contributed by atoms with Gasteiger partial charge in [0, 0.05) is 16.2 Å². The lowest BCUT2D eigenvalue weighted by Gasteiger charge is -2.25. The first-order valence-electron chi connectivity index (χ1n) is 8.72. The van der Waals surface area contributed by atoms with Gasteiger partial charge in [0.15, 0.2) is 11.5 Å². The Bertz CT molecular complexity index is 720. The van der Waals surface area contributed by atoms with Crippen LogP contribution in [0.1, 0.15) is 18.1 Å². The molecule has 0 aliphatic carbocycles. The number of halogens is 1. The van der Waals surface area contributed by atoms with Crippen molar-refractivity contribution in [2.75, 3.05) is 34.9 Å². The second-order valence-corrected chi connectivity index (χ2v) is 7.59. The molecule has 5 heteroatoms. The van der Waals surface area contributed by atoms with E-state index >= 15 is 0 Å². The second-order valence-electron chi connectivity index (χ2n) is 6.43. The molecule has 0 saturated carbocycles. The normalized spacial score (nSPS) is 12.1. The average Bonchev–Trinajstić information content (AvgIpc) is 2.67. The fourth-order valence-electron chi connectivity index (χ4n) is 2.87. The Morgan fingerprint density at radius 3 is 2.35 bits per heavy atom. The van der Waals surface area contributed by atoms with E-state index < -0.39 is 0 Å². The lowest BCUT2D eigenvalue weighted by Crippen LogP contribution is -2.32. The van der Waals surface area contributed by atoms with Gasteiger partial charge in [-0.15, -0.1) is 0 Å². The van der Waals surface area contributed by atoms with Gasteiger partial charge in [-0.25, -0.2) is 0 Å². The van der Waals surface area contributed by atoms with Gasteiger partial charge in [-0.3, -0.25) is 0 Å². The van der Waals surface area contributed by atoms with Crippen molar-refractivity contribution in [3.05, 3.63) is 51.1 Å². The van der Waals surface area contributed by atoms with E-state index in [1.54, 1.807) is 21.3 Å². The van der Waals surface area contributed by atoms with Crippen molar-refractivity contribution >= 4 is 22.6 Å². The first-order chi connectivity index (χ1) is 12.5. The van der Waals surface area contributed by atoms with Crippen LogP contribution in [-0.2, 0) is 12.8 Å². The minimum atomic E-state index is 0.441. The third kappa shape index (κ3) is 5.51. The fourth-order valence-corrected chi connectivity index (χ4v) is 3.43. The molecule has 1 unspecified atom stereocenters. The van der Waals surface area contributed by atoms with Crippen LogP contribution in [0, 0.1) is 3.57 Å². The van der Waals surface area contributed by atoms with Gasteiger partial charge in [-0.05, 0) is 90.9 Å². The molecule has 0 bridgehead atoms. The van der Waals surface area contributed by atoms with Crippen molar-refractivity contribution in [1.82, 2.24) is 4.90 Å². The maximum absolute atomic E-state index is 5.39. The van der Waals surface area contributed by atoms with Crippen LogP contribution in [0.4, 0.5) is 0 Å². The van der Waals surface area contributed by atoms with Crippen LogP contribution >= 0.6 is 22.6 Å². The van der Waals surface area contributed by atoms with Crippen molar-refractivity contribution in [2.24, 2.45) is 0 Å². The van der Waals surface area contributed by atoms with Crippen LogP contribution in [0.3, 0.4) is 0 Å². The zero-order valence-electron chi connectivity index (χ0n) is 16.2. The smallest absolute Gasteiger partial charge is 0.160 e. The zero-order chi connectivity index (χ0) is 19.1. The van der Waals surface area contributed by atoms with Gasteiger partial charge >= 0.3 is 0 Å². The Morgan fingerprint density at radius 2 is 1.69 bits per heavy atom. The summed E-state index contributed by atoms with van der Waals surface area (Å²) in [5, 5.41) is 0. The number of rotatable bonds is 9. The van der Waals surface area contributed by atoms with Gasteiger partial charge < -0.3 is 19.1 Å². The molecule has 142 valence electrons. The van der Waals surface area contributed by atoms with E-state index in [2.05, 4.69) is 65.7 Å². The summed E-state index contributed by atoms with van der Waals surface area (Å²) in [4.78, 5) is 2.40. The number of likely N-dealkylation sites (N-methyl/N-ethyl adjacent to an activating group) is 1. The van der Waals surface area contributed by atoms with E-state index in [1.165, 1.54) is 14.7 Å². The predicted octanol–water partition coefficient (Wildman–Crippen LogP) is 4.42. The summed E-state index contributed by atoms with van der Waals surface area (Å²) in [7, 11) is 7.22. The van der Waals surface area contributed by atoms with Crippen LogP contribution in [0.25, 0.3) is 0 Å². The quantitative estimate of drug-likeness (QED) is 0.509. The number of benzene rings is 2. The largest absolute Gasteiger partial charge is 0.497 e. The Hall–Kier alpha value is -1.47. The van der Waals surface area contributed by atoms with Gasteiger partial charge in [0.25, 0.3) is 0 Å². The van der Waals surface area contributed by atoms with E-state index in [4.69, 9.17) is 14.2 Å². The molecule has 0 fully saturated rings. The third-order valence-electron chi connectivity index (χ3n) is 4.72. The Labute approximate surface area is 170 Å². The molecular formula is C21H28INO3. The molecule has 0 N–H and O–H groups in total.